The summed E-state index contributed by atoms with van der Waals surface area (Å²) in [7, 11) is 0. The van der Waals surface area contributed by atoms with Crippen molar-refractivity contribution in [1.29, 1.82) is 0 Å². The second-order valence-electron chi connectivity index (χ2n) is 4.23. The van der Waals surface area contributed by atoms with Crippen LogP contribution >= 0.6 is 0 Å². The molecule has 4 heteroatoms. The lowest BCUT2D eigenvalue weighted by molar-refractivity contribution is 1.16. The van der Waals surface area contributed by atoms with Gasteiger partial charge in [-0.3, -0.25) is 0 Å². The van der Waals surface area contributed by atoms with Crippen LogP contribution in [0.3, 0.4) is 0 Å². The molecular formula is C15H12N4. The minimum absolute atomic E-state index is 0.711. The summed E-state index contributed by atoms with van der Waals surface area (Å²) in [6.45, 7) is 2.04. The van der Waals surface area contributed by atoms with E-state index >= 15 is 0 Å². The molecular weight excluding hydrogens is 236 g/mol. The molecule has 0 aliphatic carbocycles. The summed E-state index contributed by atoms with van der Waals surface area (Å²) in [6, 6.07) is 9.74. The fourth-order valence-corrected chi connectivity index (χ4v) is 1.94. The maximum Gasteiger partial charge on any atom is 0.159 e. The van der Waals surface area contributed by atoms with Crippen LogP contribution in [0.1, 0.15) is 5.56 Å². The third-order valence-electron chi connectivity index (χ3n) is 2.73. The number of hydrogen-bond donors (Lipinski definition) is 0. The van der Waals surface area contributed by atoms with E-state index < -0.39 is 0 Å². The smallest absolute Gasteiger partial charge is 0.159 e. The molecule has 0 saturated heterocycles. The molecule has 0 aliphatic rings. The van der Waals surface area contributed by atoms with Gasteiger partial charge in [0.2, 0.25) is 0 Å². The van der Waals surface area contributed by atoms with Crippen LogP contribution in [-0.4, -0.2) is 19.9 Å². The predicted molar refractivity (Wildman–Crippen MR) is 73.2 cm³/mol. The van der Waals surface area contributed by atoms with Crippen molar-refractivity contribution in [3.63, 3.8) is 0 Å². The molecule has 0 radical (unpaired) electrons. The molecule has 0 unspecified atom stereocenters. The summed E-state index contributed by atoms with van der Waals surface area (Å²) in [5.74, 6) is 1.42. The Labute approximate surface area is 111 Å². The zero-order valence-corrected chi connectivity index (χ0v) is 10.5. The van der Waals surface area contributed by atoms with Gasteiger partial charge in [0.15, 0.2) is 11.6 Å². The van der Waals surface area contributed by atoms with Crippen molar-refractivity contribution in [2.75, 3.05) is 0 Å². The van der Waals surface area contributed by atoms with Gasteiger partial charge in [0.1, 0.15) is 0 Å². The van der Waals surface area contributed by atoms with Gasteiger partial charge in [-0.25, -0.2) is 19.9 Å². The second-order valence-corrected chi connectivity index (χ2v) is 4.23. The number of aromatic nitrogens is 4. The van der Waals surface area contributed by atoms with Crippen molar-refractivity contribution in [1.82, 2.24) is 19.9 Å². The van der Waals surface area contributed by atoms with Crippen LogP contribution in [0.2, 0.25) is 0 Å². The van der Waals surface area contributed by atoms with Crippen molar-refractivity contribution in [2.45, 2.75) is 6.92 Å². The van der Waals surface area contributed by atoms with Crippen molar-refractivity contribution < 1.29 is 0 Å². The van der Waals surface area contributed by atoms with Crippen molar-refractivity contribution in [2.24, 2.45) is 0 Å². The Balaban J connectivity index is 2.12. The fourth-order valence-electron chi connectivity index (χ4n) is 1.94. The largest absolute Gasteiger partial charge is 0.237 e. The number of hydrogen-bond acceptors (Lipinski definition) is 4. The molecule has 0 amide bonds. The minimum atomic E-state index is 0.711. The summed E-state index contributed by atoms with van der Waals surface area (Å²) in [4.78, 5) is 17.1. The fraction of sp³-hybridized carbons (Fsp3) is 0.0667. The monoisotopic (exact) mass is 248 g/mol. The molecule has 0 fully saturated rings. The maximum atomic E-state index is 4.27. The molecule has 19 heavy (non-hydrogen) atoms. The number of aryl methyl sites for hydroxylation is 1. The summed E-state index contributed by atoms with van der Waals surface area (Å²) in [5, 5.41) is 0. The van der Waals surface area contributed by atoms with Gasteiger partial charge in [-0.05, 0) is 42.8 Å². The Morgan fingerprint density at radius 3 is 1.47 bits per heavy atom. The lowest BCUT2D eigenvalue weighted by Crippen LogP contribution is -1.91. The molecule has 2 heterocycles. The molecule has 0 atom stereocenters. The van der Waals surface area contributed by atoms with Crippen LogP contribution in [0, 0.1) is 6.92 Å². The molecule has 0 spiro atoms. The molecule has 3 rings (SSSR count). The predicted octanol–water partition coefficient (Wildman–Crippen LogP) is 2.91. The van der Waals surface area contributed by atoms with Gasteiger partial charge in [0.05, 0.1) is 0 Å². The maximum absolute atomic E-state index is 4.27. The zero-order valence-electron chi connectivity index (χ0n) is 10.5. The molecule has 3 aromatic rings. The van der Waals surface area contributed by atoms with E-state index in [-0.39, 0.29) is 0 Å². The first-order valence-corrected chi connectivity index (χ1v) is 5.99. The van der Waals surface area contributed by atoms with E-state index in [1.165, 1.54) is 0 Å². The third kappa shape index (κ3) is 2.47. The third-order valence-corrected chi connectivity index (χ3v) is 2.73. The van der Waals surface area contributed by atoms with Crippen LogP contribution < -0.4 is 0 Å². The first-order chi connectivity index (χ1) is 9.33. The van der Waals surface area contributed by atoms with Crippen LogP contribution in [0.15, 0.2) is 55.1 Å². The standard InChI is InChI=1S/C15H12N4/c1-11-8-12(14-16-4-2-5-17-14)10-13(9-11)15-18-6-3-7-19-15/h2-10H,1H3. The van der Waals surface area contributed by atoms with E-state index in [2.05, 4.69) is 32.1 Å². The Hall–Kier alpha value is -2.62. The molecule has 0 bridgehead atoms. The SMILES string of the molecule is Cc1cc(-c2ncccn2)cc(-c2ncccn2)c1. The van der Waals surface area contributed by atoms with E-state index in [4.69, 9.17) is 0 Å². The van der Waals surface area contributed by atoms with E-state index in [9.17, 15) is 0 Å². The van der Waals surface area contributed by atoms with Gasteiger partial charge in [0, 0.05) is 35.9 Å². The Bertz CT molecular complexity index is 623. The van der Waals surface area contributed by atoms with Crippen LogP contribution in [0.5, 0.6) is 0 Å². The molecule has 1 aromatic carbocycles. The molecule has 92 valence electrons. The van der Waals surface area contributed by atoms with Crippen molar-refractivity contribution in [3.05, 3.63) is 60.7 Å². The minimum Gasteiger partial charge on any atom is -0.237 e. The van der Waals surface area contributed by atoms with Gasteiger partial charge >= 0.3 is 0 Å². The quantitative estimate of drug-likeness (QED) is 0.699. The van der Waals surface area contributed by atoms with Crippen molar-refractivity contribution >= 4 is 0 Å². The molecule has 4 nitrogen and oxygen atoms in total. The van der Waals surface area contributed by atoms with E-state index in [0.717, 1.165) is 16.7 Å². The first kappa shape index (κ1) is 11.5. The highest BCUT2D eigenvalue weighted by atomic mass is 14.9. The Morgan fingerprint density at radius 1 is 0.632 bits per heavy atom. The Morgan fingerprint density at radius 2 is 1.05 bits per heavy atom. The first-order valence-electron chi connectivity index (χ1n) is 5.99. The van der Waals surface area contributed by atoms with E-state index in [1.807, 2.05) is 13.0 Å². The highest BCUT2D eigenvalue weighted by Crippen LogP contribution is 2.23. The molecule has 0 saturated carbocycles. The van der Waals surface area contributed by atoms with Crippen LogP contribution in [0.4, 0.5) is 0 Å². The molecule has 2 aromatic heterocycles. The number of rotatable bonds is 2. The lowest BCUT2D eigenvalue weighted by atomic mass is 10.1. The Kier molecular flexibility index (Phi) is 2.98. The zero-order chi connectivity index (χ0) is 13.1. The average molecular weight is 248 g/mol. The highest BCUT2D eigenvalue weighted by molar-refractivity contribution is 5.67. The van der Waals surface area contributed by atoms with Gasteiger partial charge in [-0.2, -0.15) is 0 Å². The van der Waals surface area contributed by atoms with Gasteiger partial charge in [-0.1, -0.05) is 0 Å². The molecule has 0 aliphatic heterocycles. The number of nitrogens with zero attached hydrogens (tertiary/aromatic N) is 4. The van der Waals surface area contributed by atoms with Gasteiger partial charge < -0.3 is 0 Å². The summed E-state index contributed by atoms with van der Waals surface area (Å²) in [6.07, 6.45) is 6.96. The summed E-state index contributed by atoms with van der Waals surface area (Å²) >= 11 is 0. The topological polar surface area (TPSA) is 51.6 Å². The highest BCUT2D eigenvalue weighted by Gasteiger charge is 2.06. The van der Waals surface area contributed by atoms with Gasteiger partial charge in [-0.15, -0.1) is 0 Å². The summed E-state index contributed by atoms with van der Waals surface area (Å²) in [5.41, 5.74) is 3.08. The van der Waals surface area contributed by atoms with Crippen molar-refractivity contribution in [3.8, 4) is 22.8 Å². The van der Waals surface area contributed by atoms with E-state index in [1.54, 1.807) is 36.9 Å². The van der Waals surface area contributed by atoms with Gasteiger partial charge in [0.25, 0.3) is 0 Å². The normalized spacial score (nSPS) is 10.4. The number of benzene rings is 1. The lowest BCUT2D eigenvalue weighted by Gasteiger charge is -2.05. The summed E-state index contributed by atoms with van der Waals surface area (Å²) < 4.78 is 0. The molecule has 0 N–H and O–H groups in total. The second kappa shape index (κ2) is 4.94. The average Bonchev–Trinajstić information content (AvgIpc) is 2.48. The van der Waals surface area contributed by atoms with E-state index in [0.29, 0.717) is 11.6 Å². The van der Waals surface area contributed by atoms with Crippen LogP contribution in [0.25, 0.3) is 22.8 Å². The van der Waals surface area contributed by atoms with Crippen LogP contribution in [-0.2, 0) is 0 Å².